The Morgan fingerprint density at radius 1 is 1.12 bits per heavy atom. The van der Waals surface area contributed by atoms with E-state index in [9.17, 15) is 14.4 Å². The van der Waals surface area contributed by atoms with Gasteiger partial charge in [-0.3, -0.25) is 9.59 Å². The first kappa shape index (κ1) is 20.5. The van der Waals surface area contributed by atoms with Gasteiger partial charge in [0.2, 0.25) is 0 Å². The second kappa shape index (κ2) is 9.04. The van der Waals surface area contributed by atoms with Crippen molar-refractivity contribution < 1.29 is 23.9 Å². The zero-order valence-electron chi connectivity index (χ0n) is 15.5. The second-order valence-electron chi connectivity index (χ2n) is 7.62. The molecule has 1 aliphatic carbocycles. The van der Waals surface area contributed by atoms with Gasteiger partial charge in [-0.1, -0.05) is 26.2 Å². The lowest BCUT2D eigenvalue weighted by Gasteiger charge is -2.31. The fourth-order valence-electron chi connectivity index (χ4n) is 3.08. The molecular formula is C18H31NO5. The van der Waals surface area contributed by atoms with Gasteiger partial charge in [0.05, 0.1) is 19.1 Å². The Hall–Kier alpha value is -1.59. The summed E-state index contributed by atoms with van der Waals surface area (Å²) in [6.45, 7) is 7.01. The Kier molecular flexibility index (Phi) is 7.70. The Morgan fingerprint density at radius 2 is 1.71 bits per heavy atom. The summed E-state index contributed by atoms with van der Waals surface area (Å²) in [4.78, 5) is 36.4. The highest BCUT2D eigenvalue weighted by molar-refractivity contribution is 5.90. The summed E-state index contributed by atoms with van der Waals surface area (Å²) < 4.78 is 9.97. The van der Waals surface area contributed by atoms with Gasteiger partial charge in [-0.15, -0.1) is 0 Å². The standard InChI is InChI=1S/C18H31NO5/c1-12(16(21)23-5)11-14(20)15(13-9-7-6-8-10-13)19-17(22)24-18(2,3)4/h12-13,15H,6-11H2,1-5H3,(H,19,22). The van der Waals surface area contributed by atoms with Crippen LogP contribution >= 0.6 is 0 Å². The average molecular weight is 341 g/mol. The predicted octanol–water partition coefficient (Wildman–Crippen LogP) is 3.23. The number of esters is 1. The van der Waals surface area contributed by atoms with Crippen molar-refractivity contribution in [3.8, 4) is 0 Å². The summed E-state index contributed by atoms with van der Waals surface area (Å²) in [5, 5.41) is 2.74. The first-order chi connectivity index (χ1) is 11.1. The van der Waals surface area contributed by atoms with E-state index in [0.717, 1.165) is 32.1 Å². The summed E-state index contributed by atoms with van der Waals surface area (Å²) in [7, 11) is 1.31. The molecule has 1 rings (SSSR count). The number of hydrogen-bond acceptors (Lipinski definition) is 5. The Bertz CT molecular complexity index is 449. The minimum Gasteiger partial charge on any atom is -0.469 e. The third-order valence-corrected chi connectivity index (χ3v) is 4.25. The maximum atomic E-state index is 12.7. The lowest BCUT2D eigenvalue weighted by molar-refractivity contribution is -0.146. The minimum atomic E-state index is -0.621. The molecule has 0 bridgehead atoms. The van der Waals surface area contributed by atoms with Crippen LogP contribution in [0.15, 0.2) is 0 Å². The van der Waals surface area contributed by atoms with Crippen LogP contribution in [0.2, 0.25) is 0 Å². The molecule has 6 heteroatoms. The van der Waals surface area contributed by atoms with Crippen molar-refractivity contribution in [3.63, 3.8) is 0 Å². The molecule has 0 aromatic heterocycles. The molecule has 2 unspecified atom stereocenters. The molecule has 1 aliphatic rings. The van der Waals surface area contributed by atoms with E-state index >= 15 is 0 Å². The van der Waals surface area contributed by atoms with Crippen LogP contribution in [-0.2, 0) is 19.1 Å². The molecule has 138 valence electrons. The van der Waals surface area contributed by atoms with Crippen molar-refractivity contribution in [1.82, 2.24) is 5.32 Å². The highest BCUT2D eigenvalue weighted by Crippen LogP contribution is 2.28. The van der Waals surface area contributed by atoms with Crippen LogP contribution in [0.4, 0.5) is 4.79 Å². The lowest BCUT2D eigenvalue weighted by atomic mass is 9.81. The van der Waals surface area contributed by atoms with E-state index in [1.165, 1.54) is 7.11 Å². The van der Waals surface area contributed by atoms with Crippen molar-refractivity contribution in [2.75, 3.05) is 7.11 Å². The number of ether oxygens (including phenoxy) is 2. The number of rotatable bonds is 6. The van der Waals surface area contributed by atoms with Gasteiger partial charge >= 0.3 is 12.1 Å². The Morgan fingerprint density at radius 3 is 2.21 bits per heavy atom. The zero-order chi connectivity index (χ0) is 18.3. The van der Waals surface area contributed by atoms with E-state index in [0.29, 0.717) is 0 Å². The SMILES string of the molecule is COC(=O)C(C)CC(=O)C(NC(=O)OC(C)(C)C)C1CCCCC1. The summed E-state index contributed by atoms with van der Waals surface area (Å²) in [5.41, 5.74) is -0.621. The van der Waals surface area contributed by atoms with Crippen LogP contribution in [0.3, 0.4) is 0 Å². The molecule has 0 aromatic carbocycles. The summed E-state index contributed by atoms with van der Waals surface area (Å²) in [6.07, 6.45) is 4.54. The van der Waals surface area contributed by atoms with Crippen LogP contribution in [0.5, 0.6) is 0 Å². The quantitative estimate of drug-likeness (QED) is 0.750. The zero-order valence-corrected chi connectivity index (χ0v) is 15.5. The van der Waals surface area contributed by atoms with E-state index in [1.54, 1.807) is 27.7 Å². The fourth-order valence-corrected chi connectivity index (χ4v) is 3.08. The maximum Gasteiger partial charge on any atom is 0.408 e. The molecule has 0 aromatic rings. The topological polar surface area (TPSA) is 81.7 Å². The van der Waals surface area contributed by atoms with Crippen molar-refractivity contribution >= 4 is 17.8 Å². The van der Waals surface area contributed by atoms with E-state index in [1.807, 2.05) is 0 Å². The molecule has 0 spiro atoms. The molecule has 2 atom stereocenters. The first-order valence-corrected chi connectivity index (χ1v) is 8.74. The number of hydrogen-bond donors (Lipinski definition) is 1. The van der Waals surface area contributed by atoms with Gasteiger partial charge in [-0.2, -0.15) is 0 Å². The average Bonchev–Trinajstić information content (AvgIpc) is 2.50. The maximum absolute atomic E-state index is 12.7. The van der Waals surface area contributed by atoms with E-state index in [2.05, 4.69) is 10.1 Å². The van der Waals surface area contributed by atoms with E-state index in [-0.39, 0.29) is 18.1 Å². The number of carbonyl (C=O) groups excluding carboxylic acids is 3. The number of Topliss-reactive ketones (excluding diaryl/α,β-unsaturated/α-hetero) is 1. The van der Waals surface area contributed by atoms with Gasteiger partial charge in [-0.05, 0) is 39.5 Å². The molecule has 24 heavy (non-hydrogen) atoms. The molecule has 1 N–H and O–H groups in total. The number of nitrogens with one attached hydrogen (secondary N) is 1. The lowest BCUT2D eigenvalue weighted by Crippen LogP contribution is -2.48. The predicted molar refractivity (Wildman–Crippen MR) is 90.5 cm³/mol. The van der Waals surface area contributed by atoms with Gasteiger partial charge < -0.3 is 14.8 Å². The minimum absolute atomic E-state index is 0.0592. The monoisotopic (exact) mass is 341 g/mol. The number of methoxy groups -OCH3 is 1. The number of ketones is 1. The molecule has 0 aliphatic heterocycles. The molecule has 6 nitrogen and oxygen atoms in total. The Labute approximate surface area is 144 Å². The van der Waals surface area contributed by atoms with Crippen molar-refractivity contribution in [2.24, 2.45) is 11.8 Å². The molecule has 1 saturated carbocycles. The second-order valence-corrected chi connectivity index (χ2v) is 7.62. The highest BCUT2D eigenvalue weighted by atomic mass is 16.6. The first-order valence-electron chi connectivity index (χ1n) is 8.74. The smallest absolute Gasteiger partial charge is 0.408 e. The molecule has 1 fully saturated rings. The van der Waals surface area contributed by atoms with Gasteiger partial charge in [0, 0.05) is 6.42 Å². The highest BCUT2D eigenvalue weighted by Gasteiger charge is 2.33. The van der Waals surface area contributed by atoms with Crippen LogP contribution in [0, 0.1) is 11.8 Å². The summed E-state index contributed by atoms with van der Waals surface area (Å²) >= 11 is 0. The number of carbonyl (C=O) groups is 3. The van der Waals surface area contributed by atoms with Gasteiger partial charge in [0.15, 0.2) is 5.78 Å². The summed E-state index contributed by atoms with van der Waals surface area (Å²) in [5.74, 6) is -0.966. The van der Waals surface area contributed by atoms with Gasteiger partial charge in [0.25, 0.3) is 0 Å². The Balaban J connectivity index is 2.78. The van der Waals surface area contributed by atoms with Crippen molar-refractivity contribution in [2.45, 2.75) is 77.9 Å². The number of alkyl carbamates (subject to hydrolysis) is 1. The molecule has 0 heterocycles. The normalized spacial score (nSPS) is 18.4. The third-order valence-electron chi connectivity index (χ3n) is 4.25. The summed E-state index contributed by atoms with van der Waals surface area (Å²) in [6, 6.07) is -0.604. The molecule has 0 radical (unpaired) electrons. The van der Waals surface area contributed by atoms with Gasteiger partial charge in [-0.25, -0.2) is 4.79 Å². The fraction of sp³-hybridized carbons (Fsp3) is 0.833. The molecule has 0 saturated heterocycles. The van der Waals surface area contributed by atoms with Crippen LogP contribution in [0.1, 0.15) is 66.2 Å². The van der Waals surface area contributed by atoms with Crippen molar-refractivity contribution in [1.29, 1.82) is 0 Å². The van der Waals surface area contributed by atoms with Crippen molar-refractivity contribution in [3.05, 3.63) is 0 Å². The third kappa shape index (κ3) is 6.89. The number of amides is 1. The van der Waals surface area contributed by atoms with Gasteiger partial charge in [0.1, 0.15) is 5.60 Å². The molecular weight excluding hydrogens is 310 g/mol. The molecule has 1 amide bonds. The van der Waals surface area contributed by atoms with Crippen LogP contribution in [0.25, 0.3) is 0 Å². The van der Waals surface area contributed by atoms with E-state index < -0.39 is 29.6 Å². The largest absolute Gasteiger partial charge is 0.469 e. The van der Waals surface area contributed by atoms with Crippen LogP contribution in [-0.4, -0.2) is 36.6 Å². The van der Waals surface area contributed by atoms with Crippen LogP contribution < -0.4 is 5.32 Å². The van der Waals surface area contributed by atoms with E-state index in [4.69, 9.17) is 4.74 Å².